The van der Waals surface area contributed by atoms with E-state index in [0.717, 1.165) is 45.4 Å². The Hall–Kier alpha value is -1.39. The molecule has 0 radical (unpaired) electrons. The minimum Gasteiger partial charge on any atom is -0.393 e. The molecule has 0 unspecified atom stereocenters. The molecule has 1 amide bonds. The molecule has 4 nitrogen and oxygen atoms in total. The summed E-state index contributed by atoms with van der Waals surface area (Å²) in [6.07, 6.45) is 5.48. The summed E-state index contributed by atoms with van der Waals surface area (Å²) < 4.78 is 0. The van der Waals surface area contributed by atoms with E-state index in [0.29, 0.717) is 12.3 Å². The lowest BCUT2D eigenvalue weighted by Gasteiger charge is -2.32. The molecule has 2 N–H and O–H groups in total. The molecule has 2 fully saturated rings. The standard InChI is InChI=1S/C20H30N2O2/c23-19-8-4-7-18(15-19)20(24)21-11-14-22-12-9-17(10-13-22)16-5-2-1-3-6-16/h1-3,5-6,17-19,23H,4,7-15H2,(H,21,24)/t18-,19+/m0/s1. The van der Waals surface area contributed by atoms with Gasteiger partial charge in [0.05, 0.1) is 6.10 Å². The summed E-state index contributed by atoms with van der Waals surface area (Å²) in [5.74, 6) is 0.825. The fourth-order valence-corrected chi connectivity index (χ4v) is 4.10. The molecule has 3 rings (SSSR count). The minimum absolute atomic E-state index is 0.0116. The van der Waals surface area contributed by atoms with E-state index < -0.39 is 0 Å². The van der Waals surface area contributed by atoms with Crippen LogP contribution in [-0.4, -0.2) is 48.2 Å². The molecule has 2 atom stereocenters. The highest BCUT2D eigenvalue weighted by Crippen LogP contribution is 2.27. The van der Waals surface area contributed by atoms with Crippen LogP contribution in [0.4, 0.5) is 0 Å². The third kappa shape index (κ3) is 4.81. The van der Waals surface area contributed by atoms with Crippen LogP contribution in [0.2, 0.25) is 0 Å². The SMILES string of the molecule is O=C(NCCN1CCC(c2ccccc2)CC1)[C@H]1CCC[C@@H](O)C1. The maximum Gasteiger partial charge on any atom is 0.223 e. The quantitative estimate of drug-likeness (QED) is 0.872. The van der Waals surface area contributed by atoms with Crippen LogP contribution in [-0.2, 0) is 4.79 Å². The van der Waals surface area contributed by atoms with Crippen LogP contribution in [0.5, 0.6) is 0 Å². The van der Waals surface area contributed by atoms with Crippen molar-refractivity contribution in [3.63, 3.8) is 0 Å². The average molecular weight is 330 g/mol. The van der Waals surface area contributed by atoms with Gasteiger partial charge in [-0.3, -0.25) is 4.79 Å². The first-order valence-corrected chi connectivity index (χ1v) is 9.45. The Bertz CT molecular complexity index is 512. The second kappa shape index (κ2) is 8.63. The van der Waals surface area contributed by atoms with Crippen LogP contribution in [0.1, 0.15) is 50.0 Å². The molecule has 0 bridgehead atoms. The number of nitrogens with one attached hydrogen (secondary N) is 1. The van der Waals surface area contributed by atoms with Gasteiger partial charge in [0, 0.05) is 19.0 Å². The summed E-state index contributed by atoms with van der Waals surface area (Å²) in [7, 11) is 0. The molecule has 4 heteroatoms. The number of nitrogens with zero attached hydrogens (tertiary/aromatic N) is 1. The Kier molecular flexibility index (Phi) is 6.27. The molecular formula is C20H30N2O2. The summed E-state index contributed by atoms with van der Waals surface area (Å²) in [6, 6.07) is 10.8. The van der Waals surface area contributed by atoms with Crippen LogP contribution in [0, 0.1) is 5.92 Å². The number of hydrogen-bond donors (Lipinski definition) is 2. The molecule has 0 spiro atoms. The van der Waals surface area contributed by atoms with E-state index in [1.807, 2.05) is 0 Å². The molecule has 24 heavy (non-hydrogen) atoms. The fourth-order valence-electron chi connectivity index (χ4n) is 4.10. The van der Waals surface area contributed by atoms with Gasteiger partial charge in [-0.25, -0.2) is 0 Å². The molecule has 2 aliphatic rings. The summed E-state index contributed by atoms with van der Waals surface area (Å²) in [5.41, 5.74) is 1.46. The van der Waals surface area contributed by atoms with Crippen molar-refractivity contribution >= 4 is 5.91 Å². The van der Waals surface area contributed by atoms with Gasteiger partial charge in [-0.05, 0) is 56.7 Å². The van der Waals surface area contributed by atoms with Gasteiger partial charge >= 0.3 is 0 Å². The van der Waals surface area contributed by atoms with E-state index in [2.05, 4.69) is 40.5 Å². The molecule has 1 aliphatic heterocycles. The number of likely N-dealkylation sites (tertiary alicyclic amines) is 1. The molecule has 1 aliphatic carbocycles. The highest BCUT2D eigenvalue weighted by molar-refractivity contribution is 5.78. The van der Waals surface area contributed by atoms with Crippen molar-refractivity contribution in [3.05, 3.63) is 35.9 Å². The third-order valence-electron chi connectivity index (χ3n) is 5.60. The van der Waals surface area contributed by atoms with E-state index >= 15 is 0 Å². The van der Waals surface area contributed by atoms with Crippen LogP contribution in [0.15, 0.2) is 30.3 Å². The average Bonchev–Trinajstić information content (AvgIpc) is 2.63. The lowest BCUT2D eigenvalue weighted by Crippen LogP contribution is -2.41. The zero-order valence-corrected chi connectivity index (χ0v) is 14.5. The van der Waals surface area contributed by atoms with E-state index in [9.17, 15) is 9.90 Å². The fraction of sp³-hybridized carbons (Fsp3) is 0.650. The number of aliphatic hydroxyl groups excluding tert-OH is 1. The number of carbonyl (C=O) groups is 1. The molecular weight excluding hydrogens is 300 g/mol. The molecule has 1 heterocycles. The normalized spacial score (nSPS) is 26.2. The summed E-state index contributed by atoms with van der Waals surface area (Å²) in [6.45, 7) is 3.87. The Morgan fingerprint density at radius 1 is 1.12 bits per heavy atom. The Balaban J connectivity index is 1.34. The second-order valence-corrected chi connectivity index (χ2v) is 7.33. The van der Waals surface area contributed by atoms with Gasteiger partial charge in [0.2, 0.25) is 5.91 Å². The number of aliphatic hydroxyl groups is 1. The van der Waals surface area contributed by atoms with Crippen molar-refractivity contribution in [3.8, 4) is 0 Å². The Labute approximate surface area is 145 Å². The summed E-state index contributed by atoms with van der Waals surface area (Å²) in [4.78, 5) is 14.6. The smallest absolute Gasteiger partial charge is 0.223 e. The number of rotatable bonds is 5. The number of hydrogen-bond acceptors (Lipinski definition) is 3. The monoisotopic (exact) mass is 330 g/mol. The largest absolute Gasteiger partial charge is 0.393 e. The Morgan fingerprint density at radius 3 is 2.58 bits per heavy atom. The van der Waals surface area contributed by atoms with Gasteiger partial charge in [-0.2, -0.15) is 0 Å². The van der Waals surface area contributed by atoms with Gasteiger partial charge in [0.25, 0.3) is 0 Å². The summed E-state index contributed by atoms with van der Waals surface area (Å²) in [5, 5.41) is 12.8. The predicted molar refractivity (Wildman–Crippen MR) is 95.8 cm³/mol. The highest BCUT2D eigenvalue weighted by Gasteiger charge is 2.26. The Morgan fingerprint density at radius 2 is 1.88 bits per heavy atom. The van der Waals surface area contributed by atoms with Crippen molar-refractivity contribution in [2.24, 2.45) is 5.92 Å². The van der Waals surface area contributed by atoms with Crippen molar-refractivity contribution < 1.29 is 9.90 Å². The van der Waals surface area contributed by atoms with Crippen LogP contribution in [0.25, 0.3) is 0 Å². The van der Waals surface area contributed by atoms with E-state index in [1.165, 1.54) is 18.4 Å². The van der Waals surface area contributed by atoms with Crippen LogP contribution in [0.3, 0.4) is 0 Å². The van der Waals surface area contributed by atoms with Crippen molar-refractivity contribution in [1.29, 1.82) is 0 Å². The number of piperidine rings is 1. The molecule has 1 saturated carbocycles. The zero-order valence-electron chi connectivity index (χ0n) is 14.5. The summed E-state index contributed by atoms with van der Waals surface area (Å²) >= 11 is 0. The third-order valence-corrected chi connectivity index (χ3v) is 5.60. The lowest BCUT2D eigenvalue weighted by atomic mass is 9.87. The van der Waals surface area contributed by atoms with Crippen LogP contribution < -0.4 is 5.32 Å². The molecule has 0 aromatic heterocycles. The van der Waals surface area contributed by atoms with E-state index in [-0.39, 0.29) is 17.9 Å². The van der Waals surface area contributed by atoms with Crippen LogP contribution >= 0.6 is 0 Å². The van der Waals surface area contributed by atoms with Gasteiger partial charge in [-0.1, -0.05) is 36.8 Å². The first-order valence-electron chi connectivity index (χ1n) is 9.45. The van der Waals surface area contributed by atoms with Gasteiger partial charge in [0.15, 0.2) is 0 Å². The van der Waals surface area contributed by atoms with Gasteiger partial charge in [-0.15, -0.1) is 0 Å². The second-order valence-electron chi connectivity index (χ2n) is 7.33. The molecule has 132 valence electrons. The molecule has 1 saturated heterocycles. The first kappa shape index (κ1) is 17.4. The van der Waals surface area contributed by atoms with Gasteiger partial charge in [0.1, 0.15) is 0 Å². The number of amides is 1. The molecule has 1 aromatic rings. The highest BCUT2D eigenvalue weighted by atomic mass is 16.3. The predicted octanol–water partition coefficient (Wildman–Crippen LogP) is 2.53. The van der Waals surface area contributed by atoms with Crippen molar-refractivity contribution in [2.45, 2.75) is 50.5 Å². The number of carbonyl (C=O) groups excluding carboxylic acids is 1. The lowest BCUT2D eigenvalue weighted by molar-refractivity contribution is -0.127. The zero-order chi connectivity index (χ0) is 16.8. The van der Waals surface area contributed by atoms with E-state index in [4.69, 9.17) is 0 Å². The van der Waals surface area contributed by atoms with Crippen molar-refractivity contribution in [2.75, 3.05) is 26.2 Å². The van der Waals surface area contributed by atoms with E-state index in [1.54, 1.807) is 0 Å². The van der Waals surface area contributed by atoms with Gasteiger partial charge < -0.3 is 15.3 Å². The topological polar surface area (TPSA) is 52.6 Å². The molecule has 1 aromatic carbocycles. The minimum atomic E-state index is -0.286. The maximum atomic E-state index is 12.2. The number of benzene rings is 1. The van der Waals surface area contributed by atoms with Crippen molar-refractivity contribution in [1.82, 2.24) is 10.2 Å². The first-order chi connectivity index (χ1) is 11.7. The maximum absolute atomic E-state index is 12.2.